The van der Waals surface area contributed by atoms with Crippen molar-refractivity contribution in [2.75, 3.05) is 0 Å². The summed E-state index contributed by atoms with van der Waals surface area (Å²) in [7, 11) is 0. The molecule has 0 saturated heterocycles. The number of nitrogens with zero attached hydrogens (tertiary/aromatic N) is 5. The molecule has 3 heterocycles. The van der Waals surface area contributed by atoms with Crippen LogP contribution < -0.4 is 10.9 Å². The molecule has 8 heteroatoms. The van der Waals surface area contributed by atoms with Crippen LogP contribution in [0.3, 0.4) is 0 Å². The molecule has 0 bridgehead atoms. The number of rotatable bonds is 6. The van der Waals surface area contributed by atoms with E-state index in [4.69, 9.17) is 0 Å². The van der Waals surface area contributed by atoms with Gasteiger partial charge in [0.05, 0.1) is 11.9 Å². The van der Waals surface area contributed by atoms with Crippen molar-refractivity contribution in [2.45, 2.75) is 13.1 Å². The van der Waals surface area contributed by atoms with Crippen LogP contribution in [-0.4, -0.2) is 30.2 Å². The first kappa shape index (κ1) is 20.3. The molecule has 0 fully saturated rings. The molecule has 1 N–H and O–H groups in total. The maximum absolute atomic E-state index is 13.1. The molecule has 8 nitrogen and oxygen atoms in total. The van der Waals surface area contributed by atoms with Crippen LogP contribution >= 0.6 is 0 Å². The molecule has 0 atom stereocenters. The van der Waals surface area contributed by atoms with Gasteiger partial charge in [0, 0.05) is 30.5 Å². The molecule has 0 spiro atoms. The number of benzene rings is 2. The number of hydrogen-bond donors (Lipinski definition) is 1. The minimum atomic E-state index is -0.355. The summed E-state index contributed by atoms with van der Waals surface area (Å²) < 4.78 is 3.14. The summed E-state index contributed by atoms with van der Waals surface area (Å²) in [6.07, 6.45) is 6.87. The third-order valence-electron chi connectivity index (χ3n) is 5.29. The maximum Gasteiger partial charge on any atom is 0.274 e. The molecule has 0 unspecified atom stereocenters. The van der Waals surface area contributed by atoms with Gasteiger partial charge in [0.1, 0.15) is 12.1 Å². The second-order valence-corrected chi connectivity index (χ2v) is 7.52. The Balaban J connectivity index is 1.40. The zero-order valence-electron chi connectivity index (χ0n) is 17.6. The molecule has 0 saturated carbocycles. The van der Waals surface area contributed by atoms with Crippen LogP contribution in [0.15, 0.2) is 96.4 Å². The van der Waals surface area contributed by atoms with Crippen LogP contribution in [0.5, 0.6) is 0 Å². The topological polar surface area (TPSA) is 94.7 Å². The lowest BCUT2D eigenvalue weighted by Gasteiger charge is -2.12. The number of carbonyl (C=O) groups is 1. The number of nitrogens with one attached hydrogen (secondary N) is 1. The second-order valence-electron chi connectivity index (χ2n) is 7.52. The van der Waals surface area contributed by atoms with Crippen LogP contribution in [-0.2, 0) is 13.1 Å². The number of aromatic nitrogens is 5. The molecule has 1 amide bonds. The Hall–Kier alpha value is -4.59. The monoisotopic (exact) mass is 436 g/mol. The van der Waals surface area contributed by atoms with Gasteiger partial charge in [-0.1, -0.05) is 54.6 Å². The predicted octanol–water partition coefficient (Wildman–Crippen LogP) is 2.96. The summed E-state index contributed by atoms with van der Waals surface area (Å²) in [5.41, 5.74) is 1.75. The molecule has 0 aliphatic carbocycles. The third-order valence-corrected chi connectivity index (χ3v) is 5.29. The lowest BCUT2D eigenvalue weighted by atomic mass is 10.1. The molecule has 162 valence electrons. The molecule has 33 heavy (non-hydrogen) atoms. The van der Waals surface area contributed by atoms with Gasteiger partial charge >= 0.3 is 0 Å². The molecule has 5 aromatic rings. The zero-order chi connectivity index (χ0) is 22.6. The first-order valence-electron chi connectivity index (χ1n) is 10.4. The van der Waals surface area contributed by atoms with Gasteiger partial charge in [-0.3, -0.25) is 14.2 Å². The number of hydrogen-bond acceptors (Lipinski definition) is 5. The summed E-state index contributed by atoms with van der Waals surface area (Å²) in [6, 6.07) is 20.3. The lowest BCUT2D eigenvalue weighted by molar-refractivity contribution is 0.0945. The zero-order valence-corrected chi connectivity index (χ0v) is 17.6. The Morgan fingerprint density at radius 2 is 1.70 bits per heavy atom. The number of imidazole rings is 1. The Labute approximate surface area is 189 Å². The summed E-state index contributed by atoms with van der Waals surface area (Å²) in [5.74, 6) is 0.384. The van der Waals surface area contributed by atoms with Crippen LogP contribution in [0.1, 0.15) is 21.6 Å². The number of pyridine rings is 1. The van der Waals surface area contributed by atoms with Crippen molar-refractivity contribution < 1.29 is 4.79 Å². The summed E-state index contributed by atoms with van der Waals surface area (Å²) in [4.78, 5) is 34.5. The van der Waals surface area contributed by atoms with Gasteiger partial charge in [0.15, 0.2) is 5.69 Å². The largest absolute Gasteiger partial charge is 0.346 e. The van der Waals surface area contributed by atoms with Crippen molar-refractivity contribution in [2.24, 2.45) is 0 Å². The van der Waals surface area contributed by atoms with Crippen LogP contribution in [0.25, 0.3) is 16.6 Å². The van der Waals surface area contributed by atoms with Crippen molar-refractivity contribution >= 4 is 16.7 Å². The normalized spacial score (nSPS) is 10.9. The van der Waals surface area contributed by atoms with Gasteiger partial charge < -0.3 is 5.32 Å². The van der Waals surface area contributed by atoms with Gasteiger partial charge in [-0.25, -0.2) is 14.6 Å². The van der Waals surface area contributed by atoms with Crippen molar-refractivity contribution in [3.63, 3.8) is 0 Å². The van der Waals surface area contributed by atoms with Crippen molar-refractivity contribution in [1.29, 1.82) is 0 Å². The van der Waals surface area contributed by atoms with E-state index in [0.717, 1.165) is 16.9 Å². The van der Waals surface area contributed by atoms with E-state index in [1.807, 2.05) is 48.7 Å². The number of fused-ring (bicyclic) bond motifs is 1. The van der Waals surface area contributed by atoms with E-state index in [9.17, 15) is 9.59 Å². The quantitative estimate of drug-likeness (QED) is 0.442. The lowest BCUT2D eigenvalue weighted by Crippen LogP contribution is -2.30. The van der Waals surface area contributed by atoms with E-state index in [0.29, 0.717) is 10.8 Å². The van der Waals surface area contributed by atoms with E-state index in [1.54, 1.807) is 47.6 Å². The van der Waals surface area contributed by atoms with Crippen molar-refractivity contribution in [1.82, 2.24) is 29.6 Å². The molecular formula is C25H20N6O2. The van der Waals surface area contributed by atoms with E-state index in [2.05, 4.69) is 20.4 Å². The average Bonchev–Trinajstić information content (AvgIpc) is 3.40. The molecule has 3 aromatic heterocycles. The molecule has 2 aromatic carbocycles. The second kappa shape index (κ2) is 8.88. The van der Waals surface area contributed by atoms with Crippen molar-refractivity contribution in [3.8, 4) is 5.82 Å². The standard InChI is InChI=1S/C25H20N6O2/c32-24(28-15-19-10-11-22(27-14-19)30-13-12-26-17-30)23-20-8-4-5-9-21(20)25(33)31(29-23)16-18-6-2-1-3-7-18/h1-14,17H,15-16H2,(H,28,32). The Bertz CT molecular complexity index is 1460. The minimum Gasteiger partial charge on any atom is -0.346 e. The molecule has 0 aliphatic heterocycles. The Morgan fingerprint density at radius 3 is 2.42 bits per heavy atom. The Morgan fingerprint density at radius 1 is 0.909 bits per heavy atom. The van der Waals surface area contributed by atoms with Gasteiger partial charge in [-0.05, 0) is 23.3 Å². The fourth-order valence-corrected chi connectivity index (χ4v) is 3.60. The van der Waals surface area contributed by atoms with E-state index in [1.165, 1.54) is 4.68 Å². The molecular weight excluding hydrogens is 416 g/mol. The first-order chi connectivity index (χ1) is 16.2. The predicted molar refractivity (Wildman–Crippen MR) is 124 cm³/mol. The highest BCUT2D eigenvalue weighted by molar-refractivity contribution is 6.04. The molecule has 5 rings (SSSR count). The molecule has 0 radical (unpaired) electrons. The van der Waals surface area contributed by atoms with Crippen LogP contribution in [0.4, 0.5) is 0 Å². The van der Waals surface area contributed by atoms with Crippen molar-refractivity contribution in [3.05, 3.63) is 119 Å². The van der Waals surface area contributed by atoms with Gasteiger partial charge in [-0.2, -0.15) is 5.10 Å². The highest BCUT2D eigenvalue weighted by Gasteiger charge is 2.17. The fraction of sp³-hybridized carbons (Fsp3) is 0.0800. The summed E-state index contributed by atoms with van der Waals surface area (Å²) >= 11 is 0. The Kier molecular flexibility index (Phi) is 5.47. The number of carbonyl (C=O) groups excluding carboxylic acids is 1. The summed E-state index contributed by atoms with van der Waals surface area (Å²) in [6.45, 7) is 0.564. The van der Waals surface area contributed by atoms with Crippen LogP contribution in [0.2, 0.25) is 0 Å². The van der Waals surface area contributed by atoms with Gasteiger partial charge in [0.2, 0.25) is 0 Å². The average molecular weight is 436 g/mol. The van der Waals surface area contributed by atoms with Crippen LogP contribution in [0, 0.1) is 0 Å². The smallest absolute Gasteiger partial charge is 0.274 e. The highest BCUT2D eigenvalue weighted by Crippen LogP contribution is 2.14. The van der Waals surface area contributed by atoms with E-state index < -0.39 is 0 Å². The fourth-order valence-electron chi connectivity index (χ4n) is 3.60. The molecule has 0 aliphatic rings. The van der Waals surface area contributed by atoms with E-state index in [-0.39, 0.29) is 30.2 Å². The maximum atomic E-state index is 13.1. The SMILES string of the molecule is O=C(NCc1ccc(-n2ccnc2)nc1)c1nn(Cc2ccccc2)c(=O)c2ccccc12. The van der Waals surface area contributed by atoms with Gasteiger partial charge in [0.25, 0.3) is 11.5 Å². The highest BCUT2D eigenvalue weighted by atomic mass is 16.2. The summed E-state index contributed by atoms with van der Waals surface area (Å²) in [5, 5.41) is 8.30. The first-order valence-corrected chi connectivity index (χ1v) is 10.4. The number of amides is 1. The third kappa shape index (κ3) is 4.27. The van der Waals surface area contributed by atoms with Gasteiger partial charge in [-0.15, -0.1) is 0 Å². The minimum absolute atomic E-state index is 0.212. The van der Waals surface area contributed by atoms with E-state index >= 15 is 0 Å².